The monoisotopic (exact) mass is 1530 g/mol. The lowest BCUT2D eigenvalue weighted by Crippen LogP contribution is -2.09. The zero-order valence-corrected chi connectivity index (χ0v) is 65.3. The normalized spacial score (nSPS) is 11.5. The fraction of sp³-hybridized carbons (Fsp3) is 0. The average molecular weight is 1540 g/mol. The maximum Gasteiger partial charge on any atom is 0.143 e. The molecule has 23 rings (SSSR count). The molecule has 564 valence electrons. The van der Waals surface area contributed by atoms with Gasteiger partial charge in [0, 0.05) is 88.3 Å². The Morgan fingerprint density at radius 1 is 0.125 bits per heavy atom. The van der Waals surface area contributed by atoms with Crippen LogP contribution >= 0.6 is 0 Å². The Kier molecular flexibility index (Phi) is 17.8. The van der Waals surface area contributed by atoms with E-state index < -0.39 is 0 Å². The molecule has 0 unspecified atom stereocenters. The van der Waals surface area contributed by atoms with Gasteiger partial charge in [0.15, 0.2) is 0 Å². The van der Waals surface area contributed by atoms with E-state index in [2.05, 4.69) is 410 Å². The molecule has 0 spiro atoms. The van der Waals surface area contributed by atoms with Gasteiger partial charge in [0.25, 0.3) is 0 Å². The van der Waals surface area contributed by atoms with Gasteiger partial charge in [0.1, 0.15) is 44.7 Å². The molecule has 0 atom stereocenters. The number of hydrogen-bond donors (Lipinski definition) is 0. The maximum absolute atomic E-state index is 6.41. The van der Waals surface area contributed by atoms with Gasteiger partial charge in [0.05, 0.1) is 0 Å². The van der Waals surface area contributed by atoms with Crippen LogP contribution in [0.5, 0.6) is 0 Å². The summed E-state index contributed by atoms with van der Waals surface area (Å²) in [5.74, 6) is 0. The van der Waals surface area contributed by atoms with Crippen molar-refractivity contribution in [2.24, 2.45) is 0 Å². The van der Waals surface area contributed by atoms with Crippen LogP contribution in [0.3, 0.4) is 0 Å². The van der Waals surface area contributed by atoms with Crippen molar-refractivity contribution >= 4 is 122 Å². The van der Waals surface area contributed by atoms with Gasteiger partial charge in [-0.15, -0.1) is 0 Å². The van der Waals surface area contributed by atoms with Crippen LogP contribution < -0.4 is 9.80 Å². The number of rotatable bonds is 15. The number of furan rings is 4. The van der Waals surface area contributed by atoms with Gasteiger partial charge in [-0.3, -0.25) is 0 Å². The highest BCUT2D eigenvalue weighted by Gasteiger charge is 2.21. The summed E-state index contributed by atoms with van der Waals surface area (Å²) in [7, 11) is 0. The van der Waals surface area contributed by atoms with Gasteiger partial charge < -0.3 is 27.5 Å². The van der Waals surface area contributed by atoms with Gasteiger partial charge in [-0.25, -0.2) is 0 Å². The molecule has 120 heavy (non-hydrogen) atoms. The van der Waals surface area contributed by atoms with Crippen LogP contribution in [-0.2, 0) is 0 Å². The topological polar surface area (TPSA) is 59.0 Å². The summed E-state index contributed by atoms with van der Waals surface area (Å²) in [4.78, 5) is 4.65. The van der Waals surface area contributed by atoms with Crippen molar-refractivity contribution < 1.29 is 17.7 Å². The molecule has 0 N–H and O–H groups in total. The molecule has 0 aliphatic heterocycles. The first-order valence-electron chi connectivity index (χ1n) is 40.7. The summed E-state index contributed by atoms with van der Waals surface area (Å²) in [6.07, 6.45) is 0. The van der Waals surface area contributed by atoms with E-state index in [1.165, 1.54) is 66.8 Å². The van der Waals surface area contributed by atoms with Crippen LogP contribution in [0.4, 0.5) is 34.1 Å². The number of fused-ring (bicyclic) bond motifs is 12. The largest absolute Gasteiger partial charge is 0.456 e. The van der Waals surface area contributed by atoms with E-state index in [1.807, 2.05) is 48.5 Å². The van der Waals surface area contributed by atoms with E-state index in [0.29, 0.717) is 0 Å². The third-order valence-electron chi connectivity index (χ3n) is 23.5. The lowest BCUT2D eigenvalue weighted by Gasteiger charge is -2.26. The minimum atomic E-state index is 0.901. The van der Waals surface area contributed by atoms with Crippen molar-refractivity contribution in [2.75, 3.05) is 9.80 Å². The van der Waals surface area contributed by atoms with Gasteiger partial charge >= 0.3 is 0 Å². The predicted octanol–water partition coefficient (Wildman–Crippen LogP) is 32.9. The van der Waals surface area contributed by atoms with Crippen molar-refractivity contribution in [1.29, 1.82) is 0 Å². The zero-order valence-electron chi connectivity index (χ0n) is 65.3. The van der Waals surface area contributed by atoms with Gasteiger partial charge in [-0.05, 0) is 210 Å². The molecule has 0 fully saturated rings. The molecule has 23 aromatic rings. The first-order valence-corrected chi connectivity index (χ1v) is 40.7. The molecule has 0 saturated carbocycles. The SMILES string of the molecule is c1ccc(-c2ccc(-c3ccc(N(c4ccc(-c5cccc6c5oc5ccccc56)cc4)c4ccc(-c5cccc6c5oc5ccccc56)cc4)cc3)cc2)cc1.c1ccc(-c2ccc(N(c3ccc(-c4ccc(-c5ccc6oc7ccccc7c6c5)cc4)cc3)c3ccc(-c4ccc(-c5ccc6oc7ccccc7c6c5)cc4)cc3)cc2)cc1. The zero-order chi connectivity index (χ0) is 79.4. The highest BCUT2D eigenvalue weighted by molar-refractivity contribution is 6.12. The third kappa shape index (κ3) is 13.3. The number of para-hydroxylation sites is 6. The van der Waals surface area contributed by atoms with E-state index in [0.717, 1.165) is 155 Å². The molecular weight excluding hydrogens is 1460 g/mol. The van der Waals surface area contributed by atoms with Gasteiger partial charge in [-0.2, -0.15) is 0 Å². The van der Waals surface area contributed by atoms with Crippen molar-refractivity contribution in [1.82, 2.24) is 0 Å². The van der Waals surface area contributed by atoms with Crippen molar-refractivity contribution in [3.63, 3.8) is 0 Å². The summed E-state index contributed by atoms with van der Waals surface area (Å²) in [5, 5.41) is 9.08. The first-order chi connectivity index (χ1) is 59.4. The fourth-order valence-electron chi connectivity index (χ4n) is 17.3. The summed E-state index contributed by atoms with van der Waals surface area (Å²) >= 11 is 0. The maximum atomic E-state index is 6.41. The summed E-state index contributed by atoms with van der Waals surface area (Å²) in [6.45, 7) is 0. The summed E-state index contributed by atoms with van der Waals surface area (Å²) in [5.41, 5.74) is 34.6. The number of hydrogen-bond acceptors (Lipinski definition) is 6. The van der Waals surface area contributed by atoms with Crippen LogP contribution in [0, 0.1) is 0 Å². The predicted molar refractivity (Wildman–Crippen MR) is 500 cm³/mol. The molecule has 4 aromatic heterocycles. The molecule has 0 bridgehead atoms. The lowest BCUT2D eigenvalue weighted by atomic mass is 9.98. The highest BCUT2D eigenvalue weighted by Crippen LogP contribution is 2.45. The molecular formula is C114H74N2O4. The number of nitrogens with zero attached hydrogens (tertiary/aromatic N) is 2. The van der Waals surface area contributed by atoms with Gasteiger partial charge in [0.2, 0.25) is 0 Å². The Hall–Kier alpha value is -16.0. The third-order valence-corrected chi connectivity index (χ3v) is 23.5. The van der Waals surface area contributed by atoms with Crippen LogP contribution in [0.1, 0.15) is 0 Å². The average Bonchev–Trinajstić information content (AvgIpc) is 1.62. The molecule has 0 amide bonds. The number of benzene rings is 19. The second kappa shape index (κ2) is 30.3. The van der Waals surface area contributed by atoms with Crippen molar-refractivity contribution in [2.45, 2.75) is 0 Å². The number of anilines is 6. The van der Waals surface area contributed by atoms with Crippen LogP contribution in [0.2, 0.25) is 0 Å². The Morgan fingerprint density at radius 2 is 0.325 bits per heavy atom. The van der Waals surface area contributed by atoms with E-state index in [-0.39, 0.29) is 0 Å². The molecule has 0 radical (unpaired) electrons. The highest BCUT2D eigenvalue weighted by atomic mass is 16.3. The van der Waals surface area contributed by atoms with Crippen LogP contribution in [-0.4, -0.2) is 0 Å². The molecule has 6 heteroatoms. The Bertz CT molecular complexity index is 7320. The standard InChI is InChI=1S/C60H39NO2.C54H35NO2/c1-2-8-40(9-3-1)43-22-30-50(31-23-43)61(51-32-24-44(25-33-51)41-14-18-46(19-15-41)48-28-36-59-55(38-48)53-10-4-6-12-57(53)62-59)52-34-26-45(27-35-52)42-16-20-47(21-17-42)49-29-37-60-56(39-49)54-11-5-7-13-58(54)63-60;1-2-10-36(11-3-1)37-20-22-38(23-21-37)39-24-30-42(31-25-39)55(43-32-26-40(27-33-43)45-14-8-16-49-47-12-4-6-18-51(47)56-53(45)49)44-34-28-41(29-35-44)46-15-9-17-50-48-13-5-7-19-52(48)57-54(46)50/h1-39H;1-35H. The van der Waals surface area contributed by atoms with E-state index in [4.69, 9.17) is 17.7 Å². The Balaban J connectivity index is 0.000000145. The lowest BCUT2D eigenvalue weighted by molar-refractivity contribution is 0.668. The molecule has 0 aliphatic rings. The minimum Gasteiger partial charge on any atom is -0.456 e. The van der Waals surface area contributed by atoms with Gasteiger partial charge in [-0.1, -0.05) is 328 Å². The van der Waals surface area contributed by atoms with E-state index >= 15 is 0 Å². The van der Waals surface area contributed by atoms with Crippen molar-refractivity contribution in [3.8, 4) is 100 Å². The van der Waals surface area contributed by atoms with Crippen LogP contribution in [0.25, 0.3) is 188 Å². The van der Waals surface area contributed by atoms with E-state index in [1.54, 1.807) is 0 Å². The smallest absolute Gasteiger partial charge is 0.143 e. The molecule has 4 heterocycles. The molecule has 6 nitrogen and oxygen atoms in total. The summed E-state index contributed by atoms with van der Waals surface area (Å²) in [6, 6.07) is 159. The fourth-order valence-corrected chi connectivity index (χ4v) is 17.3. The Labute approximate surface area is 693 Å². The van der Waals surface area contributed by atoms with E-state index in [9.17, 15) is 0 Å². The minimum absolute atomic E-state index is 0.901. The van der Waals surface area contributed by atoms with Crippen molar-refractivity contribution in [3.05, 3.63) is 449 Å². The first kappa shape index (κ1) is 70.6. The molecule has 0 aliphatic carbocycles. The molecule has 19 aromatic carbocycles. The summed E-state index contributed by atoms with van der Waals surface area (Å²) < 4.78 is 25.0. The molecule has 0 saturated heterocycles. The second-order valence-electron chi connectivity index (χ2n) is 30.6. The quantitative estimate of drug-likeness (QED) is 0.102. The van der Waals surface area contributed by atoms with Crippen LogP contribution in [0.15, 0.2) is 467 Å². The second-order valence-corrected chi connectivity index (χ2v) is 30.6. The Morgan fingerprint density at radius 3 is 0.617 bits per heavy atom.